The third kappa shape index (κ3) is 2.31. The first-order chi connectivity index (χ1) is 8.13. The summed E-state index contributed by atoms with van der Waals surface area (Å²) in [5.41, 5.74) is 1.72. The van der Waals surface area contributed by atoms with Crippen molar-refractivity contribution in [3.8, 4) is 0 Å². The highest BCUT2D eigenvalue weighted by molar-refractivity contribution is 5.76. The van der Waals surface area contributed by atoms with Crippen LogP contribution < -0.4 is 5.32 Å². The van der Waals surface area contributed by atoms with Gasteiger partial charge in [0.15, 0.2) is 0 Å². The normalized spacial score (nSPS) is 11.6. The van der Waals surface area contributed by atoms with Crippen molar-refractivity contribution in [2.24, 2.45) is 0 Å². The molecule has 92 valence electrons. The van der Waals surface area contributed by atoms with E-state index in [4.69, 9.17) is 0 Å². The Labute approximate surface area is 101 Å². The number of nitrogens with one attached hydrogen (secondary N) is 1. The molecule has 3 nitrogen and oxygen atoms in total. The van der Waals surface area contributed by atoms with Crippen molar-refractivity contribution in [1.29, 1.82) is 0 Å². The minimum absolute atomic E-state index is 0.235. The van der Waals surface area contributed by atoms with E-state index in [1.54, 1.807) is 6.07 Å². The Bertz CT molecular complexity index is 517. The molecule has 0 spiro atoms. The van der Waals surface area contributed by atoms with Crippen molar-refractivity contribution in [1.82, 2.24) is 14.9 Å². The van der Waals surface area contributed by atoms with E-state index in [2.05, 4.69) is 35.6 Å². The van der Waals surface area contributed by atoms with Gasteiger partial charge in [-0.05, 0) is 32.5 Å². The van der Waals surface area contributed by atoms with E-state index in [1.165, 1.54) is 12.1 Å². The summed E-state index contributed by atoms with van der Waals surface area (Å²) in [4.78, 5) is 4.49. The molecular formula is C13H18FN3. The first-order valence-corrected chi connectivity index (χ1v) is 6.00. The predicted octanol–water partition coefficient (Wildman–Crippen LogP) is 2.87. The quantitative estimate of drug-likeness (QED) is 0.883. The van der Waals surface area contributed by atoms with E-state index < -0.39 is 0 Å². The fourth-order valence-electron chi connectivity index (χ4n) is 2.06. The fraction of sp³-hybridized carbons (Fsp3) is 0.462. The number of hydrogen-bond donors (Lipinski definition) is 1. The van der Waals surface area contributed by atoms with Crippen molar-refractivity contribution in [2.45, 2.75) is 33.4 Å². The zero-order chi connectivity index (χ0) is 12.4. The molecule has 1 heterocycles. The predicted molar refractivity (Wildman–Crippen MR) is 67.5 cm³/mol. The van der Waals surface area contributed by atoms with Crippen molar-refractivity contribution < 1.29 is 4.39 Å². The van der Waals surface area contributed by atoms with Crippen LogP contribution in [-0.4, -0.2) is 16.1 Å². The number of rotatable bonds is 4. The Hall–Kier alpha value is -1.42. The van der Waals surface area contributed by atoms with E-state index >= 15 is 0 Å². The maximum Gasteiger partial charge on any atom is 0.125 e. The molecule has 0 saturated heterocycles. The smallest absolute Gasteiger partial charge is 0.125 e. The molecule has 2 rings (SSSR count). The van der Waals surface area contributed by atoms with Gasteiger partial charge in [-0.25, -0.2) is 9.37 Å². The SMILES string of the molecule is CCNCc1nc2cc(F)ccc2n1C(C)C. The van der Waals surface area contributed by atoms with Crippen LogP contribution in [0.15, 0.2) is 18.2 Å². The number of benzene rings is 1. The van der Waals surface area contributed by atoms with Gasteiger partial charge in [-0.1, -0.05) is 6.92 Å². The molecule has 0 aliphatic rings. The van der Waals surface area contributed by atoms with Gasteiger partial charge in [-0.15, -0.1) is 0 Å². The highest BCUT2D eigenvalue weighted by Crippen LogP contribution is 2.21. The van der Waals surface area contributed by atoms with Crippen molar-refractivity contribution in [3.05, 3.63) is 29.8 Å². The molecule has 0 radical (unpaired) electrons. The lowest BCUT2D eigenvalue weighted by Gasteiger charge is -2.13. The zero-order valence-electron chi connectivity index (χ0n) is 10.5. The molecule has 0 unspecified atom stereocenters. The number of nitrogens with zero attached hydrogens (tertiary/aromatic N) is 2. The molecule has 1 aromatic carbocycles. The number of hydrogen-bond acceptors (Lipinski definition) is 2. The van der Waals surface area contributed by atoms with Crippen LogP contribution in [0.2, 0.25) is 0 Å². The Morgan fingerprint density at radius 2 is 2.18 bits per heavy atom. The lowest BCUT2D eigenvalue weighted by Crippen LogP contribution is -2.17. The third-order valence-electron chi connectivity index (χ3n) is 2.77. The van der Waals surface area contributed by atoms with Gasteiger partial charge < -0.3 is 9.88 Å². The van der Waals surface area contributed by atoms with E-state index in [0.29, 0.717) is 12.6 Å². The van der Waals surface area contributed by atoms with Crippen LogP contribution >= 0.6 is 0 Å². The van der Waals surface area contributed by atoms with Crippen molar-refractivity contribution in [3.63, 3.8) is 0 Å². The molecule has 0 bridgehead atoms. The molecule has 0 aliphatic carbocycles. The first kappa shape index (κ1) is 12.0. The van der Waals surface area contributed by atoms with Gasteiger partial charge in [-0.2, -0.15) is 0 Å². The molecule has 0 aliphatic heterocycles. The molecule has 1 N–H and O–H groups in total. The highest BCUT2D eigenvalue weighted by Gasteiger charge is 2.12. The van der Waals surface area contributed by atoms with Gasteiger partial charge in [0.1, 0.15) is 11.6 Å². The standard InChI is InChI=1S/C13H18FN3/c1-4-15-8-13-16-11-7-10(14)5-6-12(11)17(13)9(2)3/h5-7,9,15H,4,8H2,1-3H3. The third-order valence-corrected chi connectivity index (χ3v) is 2.77. The van der Waals surface area contributed by atoms with E-state index in [0.717, 1.165) is 23.4 Å². The lowest BCUT2D eigenvalue weighted by atomic mass is 10.3. The monoisotopic (exact) mass is 235 g/mol. The summed E-state index contributed by atoms with van der Waals surface area (Å²) in [6.07, 6.45) is 0. The molecule has 0 amide bonds. The summed E-state index contributed by atoms with van der Waals surface area (Å²) in [6, 6.07) is 5.09. The Kier molecular flexibility index (Phi) is 3.43. The van der Waals surface area contributed by atoms with E-state index in [-0.39, 0.29) is 5.82 Å². The zero-order valence-corrected chi connectivity index (χ0v) is 10.5. The van der Waals surface area contributed by atoms with Gasteiger partial charge in [0.2, 0.25) is 0 Å². The van der Waals surface area contributed by atoms with Crippen LogP contribution in [0.4, 0.5) is 4.39 Å². The minimum Gasteiger partial charge on any atom is -0.324 e. The lowest BCUT2D eigenvalue weighted by molar-refractivity contribution is 0.560. The van der Waals surface area contributed by atoms with E-state index in [1.807, 2.05) is 0 Å². The van der Waals surface area contributed by atoms with Crippen molar-refractivity contribution >= 4 is 11.0 Å². The number of imidazole rings is 1. The number of aromatic nitrogens is 2. The van der Waals surface area contributed by atoms with Crippen LogP contribution in [0.5, 0.6) is 0 Å². The number of halogens is 1. The second-order valence-electron chi connectivity index (χ2n) is 4.41. The second kappa shape index (κ2) is 4.84. The second-order valence-corrected chi connectivity index (χ2v) is 4.41. The van der Waals surface area contributed by atoms with Gasteiger partial charge in [0.25, 0.3) is 0 Å². The average Bonchev–Trinajstić information content (AvgIpc) is 2.63. The van der Waals surface area contributed by atoms with Gasteiger partial charge in [0, 0.05) is 12.1 Å². The van der Waals surface area contributed by atoms with Crippen LogP contribution in [0, 0.1) is 5.82 Å². The van der Waals surface area contributed by atoms with Gasteiger partial charge >= 0.3 is 0 Å². The Morgan fingerprint density at radius 1 is 1.41 bits per heavy atom. The molecule has 1 aromatic heterocycles. The molecule has 2 aromatic rings. The molecule has 4 heteroatoms. The summed E-state index contributed by atoms with van der Waals surface area (Å²) >= 11 is 0. The molecule has 0 saturated carbocycles. The molecular weight excluding hydrogens is 217 g/mol. The Morgan fingerprint density at radius 3 is 2.82 bits per heavy atom. The largest absolute Gasteiger partial charge is 0.324 e. The molecule has 17 heavy (non-hydrogen) atoms. The summed E-state index contributed by atoms with van der Waals surface area (Å²) in [5.74, 6) is 0.725. The maximum atomic E-state index is 13.2. The van der Waals surface area contributed by atoms with Crippen LogP contribution in [-0.2, 0) is 6.54 Å². The summed E-state index contributed by atoms with van der Waals surface area (Å²) in [7, 11) is 0. The van der Waals surface area contributed by atoms with Crippen LogP contribution in [0.25, 0.3) is 11.0 Å². The first-order valence-electron chi connectivity index (χ1n) is 6.00. The summed E-state index contributed by atoms with van der Waals surface area (Å²) in [5, 5.41) is 3.26. The Balaban J connectivity index is 2.53. The molecule has 0 atom stereocenters. The van der Waals surface area contributed by atoms with Crippen LogP contribution in [0.1, 0.15) is 32.6 Å². The van der Waals surface area contributed by atoms with E-state index in [9.17, 15) is 4.39 Å². The summed E-state index contributed by atoms with van der Waals surface area (Å²) in [6.45, 7) is 7.89. The van der Waals surface area contributed by atoms with Gasteiger partial charge in [-0.3, -0.25) is 0 Å². The maximum absolute atomic E-state index is 13.2. The minimum atomic E-state index is -0.235. The topological polar surface area (TPSA) is 29.9 Å². The van der Waals surface area contributed by atoms with Crippen molar-refractivity contribution in [2.75, 3.05) is 6.54 Å². The average molecular weight is 235 g/mol. The highest BCUT2D eigenvalue weighted by atomic mass is 19.1. The summed E-state index contributed by atoms with van der Waals surface area (Å²) < 4.78 is 15.3. The molecule has 0 fully saturated rings. The van der Waals surface area contributed by atoms with Gasteiger partial charge in [0.05, 0.1) is 17.6 Å². The van der Waals surface area contributed by atoms with Crippen LogP contribution in [0.3, 0.4) is 0 Å². The fourth-order valence-corrected chi connectivity index (χ4v) is 2.06. The number of fused-ring (bicyclic) bond motifs is 1.